The predicted octanol–water partition coefficient (Wildman–Crippen LogP) is 3.98. The summed E-state index contributed by atoms with van der Waals surface area (Å²) in [7, 11) is 0. The van der Waals surface area contributed by atoms with Gasteiger partial charge in [-0.1, -0.05) is 34.1 Å². The zero-order valence-electron chi connectivity index (χ0n) is 14.6. The van der Waals surface area contributed by atoms with Crippen LogP contribution < -0.4 is 16.0 Å². The van der Waals surface area contributed by atoms with Crippen molar-refractivity contribution in [3.8, 4) is 0 Å². The number of benzene rings is 1. The lowest BCUT2D eigenvalue weighted by Crippen LogP contribution is -2.42. The third kappa shape index (κ3) is 7.77. The lowest BCUT2D eigenvalue weighted by atomic mass is 10.2. The highest BCUT2D eigenvalue weighted by Crippen LogP contribution is 2.20. The topological polar surface area (TPSA) is 65.5 Å². The van der Waals surface area contributed by atoms with Crippen molar-refractivity contribution in [1.82, 2.24) is 10.6 Å². The minimum Gasteiger partial charge on any atom is -0.357 e. The maximum absolute atomic E-state index is 12.1. The highest BCUT2D eigenvalue weighted by atomic mass is 127. The van der Waals surface area contributed by atoms with Gasteiger partial charge in [0.1, 0.15) is 0 Å². The van der Waals surface area contributed by atoms with E-state index in [0.29, 0.717) is 19.0 Å². The lowest BCUT2D eigenvalue weighted by Gasteiger charge is -2.16. The molecule has 0 bridgehead atoms. The number of hydrogen-bond donors (Lipinski definition) is 3. The standard InChI is InChI=1S/C18H25BrN4O.HI/c1-3-20-18(22-15-6-4-5-7-15)21-11-10-17(24)23-16-12-14(19)9-8-13(16)2;/h4-5,8-9,12,15H,3,6-7,10-11H2,1-2H3,(H,23,24)(H2,20,21,22);1H. The molecule has 0 saturated carbocycles. The van der Waals surface area contributed by atoms with Crippen LogP contribution in [-0.2, 0) is 4.79 Å². The van der Waals surface area contributed by atoms with Crippen LogP contribution in [0.1, 0.15) is 31.7 Å². The van der Waals surface area contributed by atoms with E-state index in [-0.39, 0.29) is 29.9 Å². The van der Waals surface area contributed by atoms with E-state index < -0.39 is 0 Å². The van der Waals surface area contributed by atoms with Crippen LogP contribution in [0.25, 0.3) is 0 Å². The van der Waals surface area contributed by atoms with Crippen molar-refractivity contribution in [1.29, 1.82) is 0 Å². The molecular formula is C18H26BrIN4O. The molecule has 0 aliphatic heterocycles. The Hall–Kier alpha value is -1.09. The van der Waals surface area contributed by atoms with Crippen molar-refractivity contribution in [2.75, 3.05) is 18.4 Å². The largest absolute Gasteiger partial charge is 0.357 e. The Morgan fingerprint density at radius 1 is 1.32 bits per heavy atom. The van der Waals surface area contributed by atoms with Crippen molar-refractivity contribution in [2.45, 2.75) is 39.2 Å². The highest BCUT2D eigenvalue weighted by Gasteiger charge is 2.11. The number of aliphatic imine (C=N–C) groups is 1. The van der Waals surface area contributed by atoms with Gasteiger partial charge in [0, 0.05) is 29.2 Å². The molecule has 0 atom stereocenters. The minimum absolute atomic E-state index is 0. The van der Waals surface area contributed by atoms with Crippen molar-refractivity contribution >= 4 is 57.5 Å². The van der Waals surface area contributed by atoms with Gasteiger partial charge in [-0.3, -0.25) is 9.79 Å². The van der Waals surface area contributed by atoms with Gasteiger partial charge in [-0.25, -0.2) is 0 Å². The van der Waals surface area contributed by atoms with Crippen LogP contribution in [0.4, 0.5) is 5.69 Å². The molecule has 0 heterocycles. The molecule has 1 aromatic carbocycles. The Balaban J connectivity index is 0.00000312. The minimum atomic E-state index is -0.0293. The summed E-state index contributed by atoms with van der Waals surface area (Å²) in [5, 5.41) is 9.56. The van der Waals surface area contributed by atoms with E-state index in [4.69, 9.17) is 0 Å². The van der Waals surface area contributed by atoms with E-state index in [1.54, 1.807) is 0 Å². The first-order valence-electron chi connectivity index (χ1n) is 8.34. The lowest BCUT2D eigenvalue weighted by molar-refractivity contribution is -0.116. The summed E-state index contributed by atoms with van der Waals surface area (Å²) in [5.41, 5.74) is 1.87. The van der Waals surface area contributed by atoms with Gasteiger partial charge in [0.25, 0.3) is 0 Å². The number of guanidine groups is 1. The third-order valence-corrected chi connectivity index (χ3v) is 4.27. The van der Waals surface area contributed by atoms with Gasteiger partial charge in [0.15, 0.2) is 5.96 Å². The molecule has 0 fully saturated rings. The van der Waals surface area contributed by atoms with Crippen molar-refractivity contribution < 1.29 is 4.79 Å². The van der Waals surface area contributed by atoms with E-state index in [1.165, 1.54) is 0 Å². The average molecular weight is 521 g/mol. The molecule has 0 saturated heterocycles. The summed E-state index contributed by atoms with van der Waals surface area (Å²) in [6.45, 7) is 5.26. The van der Waals surface area contributed by atoms with Gasteiger partial charge in [-0.2, -0.15) is 0 Å². The first kappa shape index (κ1) is 22.0. The molecule has 0 radical (unpaired) electrons. The molecule has 1 aliphatic carbocycles. The maximum atomic E-state index is 12.1. The highest BCUT2D eigenvalue weighted by molar-refractivity contribution is 14.0. The molecule has 25 heavy (non-hydrogen) atoms. The Bertz CT molecular complexity index is 626. The normalized spacial score (nSPS) is 14.1. The Kier molecular flexibility index (Phi) is 10.1. The summed E-state index contributed by atoms with van der Waals surface area (Å²) < 4.78 is 0.949. The second kappa shape index (κ2) is 11.5. The van der Waals surface area contributed by atoms with Crippen LogP contribution >= 0.6 is 39.9 Å². The second-order valence-electron chi connectivity index (χ2n) is 5.80. The van der Waals surface area contributed by atoms with E-state index in [1.807, 2.05) is 32.0 Å². The van der Waals surface area contributed by atoms with E-state index >= 15 is 0 Å². The van der Waals surface area contributed by atoms with Gasteiger partial charge in [-0.05, 0) is 44.4 Å². The van der Waals surface area contributed by atoms with Crippen LogP contribution in [-0.4, -0.2) is 31.0 Å². The average Bonchev–Trinajstić information content (AvgIpc) is 3.04. The number of aryl methyl sites for hydroxylation is 1. The number of anilines is 1. The van der Waals surface area contributed by atoms with Gasteiger partial charge < -0.3 is 16.0 Å². The van der Waals surface area contributed by atoms with E-state index in [2.05, 4.69) is 49.0 Å². The fourth-order valence-corrected chi connectivity index (χ4v) is 2.82. The van der Waals surface area contributed by atoms with Crippen molar-refractivity contribution in [3.63, 3.8) is 0 Å². The summed E-state index contributed by atoms with van der Waals surface area (Å²) in [6.07, 6.45) is 6.75. The van der Waals surface area contributed by atoms with Crippen LogP contribution in [0.5, 0.6) is 0 Å². The number of carbonyl (C=O) groups is 1. The summed E-state index contributed by atoms with van der Waals surface area (Å²) in [6, 6.07) is 6.25. The molecule has 1 aromatic rings. The van der Waals surface area contributed by atoms with Crippen LogP contribution in [0.3, 0.4) is 0 Å². The predicted molar refractivity (Wildman–Crippen MR) is 119 cm³/mol. The maximum Gasteiger partial charge on any atom is 0.226 e. The molecule has 1 aliphatic rings. The quantitative estimate of drug-likeness (QED) is 0.230. The molecule has 3 N–H and O–H groups in total. The Morgan fingerprint density at radius 3 is 2.72 bits per heavy atom. The molecule has 0 aromatic heterocycles. The molecule has 2 rings (SSSR count). The number of nitrogens with zero attached hydrogens (tertiary/aromatic N) is 1. The fourth-order valence-electron chi connectivity index (χ4n) is 2.46. The van der Waals surface area contributed by atoms with E-state index in [9.17, 15) is 4.79 Å². The molecule has 7 heteroatoms. The van der Waals surface area contributed by atoms with Crippen LogP contribution in [0, 0.1) is 6.92 Å². The smallest absolute Gasteiger partial charge is 0.226 e. The number of carbonyl (C=O) groups excluding carboxylic acids is 1. The van der Waals surface area contributed by atoms with Crippen LogP contribution in [0.2, 0.25) is 0 Å². The molecule has 0 spiro atoms. The molecule has 1 amide bonds. The Morgan fingerprint density at radius 2 is 2.04 bits per heavy atom. The molecular weight excluding hydrogens is 495 g/mol. The summed E-state index contributed by atoms with van der Waals surface area (Å²) >= 11 is 3.42. The summed E-state index contributed by atoms with van der Waals surface area (Å²) in [5.74, 6) is 0.746. The van der Waals surface area contributed by atoms with Crippen LogP contribution in [0.15, 0.2) is 39.8 Å². The Labute approximate surface area is 175 Å². The van der Waals surface area contributed by atoms with E-state index in [0.717, 1.165) is 41.1 Å². The molecule has 0 unspecified atom stereocenters. The van der Waals surface area contributed by atoms with Gasteiger partial charge in [0.2, 0.25) is 5.91 Å². The monoisotopic (exact) mass is 520 g/mol. The number of nitrogens with one attached hydrogen (secondary N) is 3. The third-order valence-electron chi connectivity index (χ3n) is 3.78. The second-order valence-corrected chi connectivity index (χ2v) is 6.72. The number of halogens is 2. The summed E-state index contributed by atoms with van der Waals surface area (Å²) in [4.78, 5) is 16.6. The first-order chi connectivity index (χ1) is 11.6. The van der Waals surface area contributed by atoms with Gasteiger partial charge >= 0.3 is 0 Å². The van der Waals surface area contributed by atoms with Crippen molar-refractivity contribution in [3.05, 3.63) is 40.4 Å². The SMILES string of the molecule is CCNC(=NCCC(=O)Nc1cc(Br)ccc1C)NC1CC=CC1.I. The van der Waals surface area contributed by atoms with Crippen molar-refractivity contribution in [2.24, 2.45) is 4.99 Å². The molecule has 138 valence electrons. The number of hydrogen-bond acceptors (Lipinski definition) is 2. The number of amides is 1. The fraction of sp³-hybridized carbons (Fsp3) is 0.444. The van der Waals surface area contributed by atoms with Gasteiger partial charge in [-0.15, -0.1) is 24.0 Å². The first-order valence-corrected chi connectivity index (χ1v) is 9.13. The van der Waals surface area contributed by atoms with Gasteiger partial charge in [0.05, 0.1) is 6.54 Å². The zero-order chi connectivity index (χ0) is 17.4. The zero-order valence-corrected chi connectivity index (χ0v) is 18.6. The number of rotatable bonds is 6. The molecule has 5 nitrogen and oxygen atoms in total.